The Bertz CT molecular complexity index is 405. The van der Waals surface area contributed by atoms with Gasteiger partial charge in [-0.1, -0.05) is 0 Å². The van der Waals surface area contributed by atoms with Gasteiger partial charge in [-0.25, -0.2) is 4.98 Å². The van der Waals surface area contributed by atoms with Crippen molar-refractivity contribution in [2.24, 2.45) is 12.8 Å². The number of fused-ring (bicyclic) bond motifs is 1. The zero-order valence-corrected chi connectivity index (χ0v) is 7.49. The maximum atomic E-state index is 5.91. The van der Waals surface area contributed by atoms with E-state index >= 15 is 0 Å². The van der Waals surface area contributed by atoms with Gasteiger partial charge in [0.15, 0.2) is 0 Å². The van der Waals surface area contributed by atoms with Crippen LogP contribution in [0.2, 0.25) is 0 Å². The summed E-state index contributed by atoms with van der Waals surface area (Å²) in [6.45, 7) is 0.443. The molecule has 13 heavy (non-hydrogen) atoms. The summed E-state index contributed by atoms with van der Waals surface area (Å²) in [5, 5.41) is 0.977. The molecule has 0 atom stereocenters. The van der Waals surface area contributed by atoms with Crippen LogP contribution in [0.5, 0.6) is 0 Å². The predicted octanol–water partition coefficient (Wildman–Crippen LogP) is 0.614. The first-order chi connectivity index (χ1) is 6.25. The van der Waals surface area contributed by atoms with Crippen molar-refractivity contribution in [1.82, 2.24) is 9.55 Å². The molecule has 2 rings (SSSR count). The minimum atomic E-state index is 0.443. The standard InChI is InChI=1S/C9H12N4/c1-13-7(5-10)8(11)6-3-2-4-12-9(6)13/h2-4H,5,10-11H2,1H3. The lowest BCUT2D eigenvalue weighted by molar-refractivity contribution is 0.842. The van der Waals surface area contributed by atoms with E-state index in [2.05, 4.69) is 4.98 Å². The molecule has 0 aliphatic carbocycles. The molecule has 0 saturated heterocycles. The summed E-state index contributed by atoms with van der Waals surface area (Å²) in [7, 11) is 1.92. The van der Waals surface area contributed by atoms with Gasteiger partial charge < -0.3 is 16.0 Å². The van der Waals surface area contributed by atoms with Gasteiger partial charge in [-0.15, -0.1) is 0 Å². The van der Waals surface area contributed by atoms with E-state index in [1.807, 2.05) is 23.7 Å². The zero-order valence-electron chi connectivity index (χ0n) is 7.49. The maximum absolute atomic E-state index is 5.91. The first-order valence-corrected chi connectivity index (χ1v) is 4.13. The molecule has 0 aromatic carbocycles. The molecule has 0 saturated carbocycles. The summed E-state index contributed by atoms with van der Waals surface area (Å²) in [6.07, 6.45) is 1.75. The Morgan fingerprint density at radius 1 is 1.54 bits per heavy atom. The topological polar surface area (TPSA) is 69.9 Å². The lowest BCUT2D eigenvalue weighted by atomic mass is 10.3. The summed E-state index contributed by atoms with van der Waals surface area (Å²) < 4.78 is 1.94. The Morgan fingerprint density at radius 2 is 2.31 bits per heavy atom. The van der Waals surface area contributed by atoms with Gasteiger partial charge in [0.25, 0.3) is 0 Å². The summed E-state index contributed by atoms with van der Waals surface area (Å²) >= 11 is 0. The first kappa shape index (κ1) is 8.07. The summed E-state index contributed by atoms with van der Waals surface area (Å²) in [5.74, 6) is 0. The molecule has 0 radical (unpaired) electrons. The molecule has 68 valence electrons. The van der Waals surface area contributed by atoms with Crippen molar-refractivity contribution in [2.75, 3.05) is 5.73 Å². The maximum Gasteiger partial charge on any atom is 0.141 e. The number of anilines is 1. The van der Waals surface area contributed by atoms with Gasteiger partial charge in [-0.2, -0.15) is 0 Å². The number of nitrogen functional groups attached to an aromatic ring is 1. The highest BCUT2D eigenvalue weighted by Gasteiger charge is 2.10. The van der Waals surface area contributed by atoms with Crippen LogP contribution < -0.4 is 11.5 Å². The molecule has 4 heteroatoms. The second-order valence-corrected chi connectivity index (χ2v) is 3.00. The molecule has 2 aromatic rings. The Kier molecular flexibility index (Phi) is 1.70. The second kappa shape index (κ2) is 2.74. The number of aromatic nitrogens is 2. The number of aryl methyl sites for hydroxylation is 1. The molecule has 2 heterocycles. The van der Waals surface area contributed by atoms with Crippen molar-refractivity contribution >= 4 is 16.7 Å². The van der Waals surface area contributed by atoms with Gasteiger partial charge >= 0.3 is 0 Å². The average Bonchev–Trinajstić information content (AvgIpc) is 2.41. The van der Waals surface area contributed by atoms with E-state index < -0.39 is 0 Å². The van der Waals surface area contributed by atoms with Crippen LogP contribution in [0, 0.1) is 0 Å². The molecule has 0 unspecified atom stereocenters. The minimum Gasteiger partial charge on any atom is -0.397 e. The summed E-state index contributed by atoms with van der Waals surface area (Å²) in [5.41, 5.74) is 14.1. The molecule has 0 aliphatic rings. The highest BCUT2D eigenvalue weighted by molar-refractivity contribution is 5.91. The largest absolute Gasteiger partial charge is 0.397 e. The SMILES string of the molecule is Cn1c(CN)c(N)c2cccnc21. The lowest BCUT2D eigenvalue weighted by Crippen LogP contribution is -2.05. The normalized spacial score (nSPS) is 10.9. The third-order valence-corrected chi connectivity index (χ3v) is 2.30. The van der Waals surface area contributed by atoms with Crippen molar-refractivity contribution in [2.45, 2.75) is 6.54 Å². The fraction of sp³-hybridized carbons (Fsp3) is 0.222. The van der Waals surface area contributed by atoms with E-state index in [9.17, 15) is 0 Å². The number of hydrogen-bond acceptors (Lipinski definition) is 3. The van der Waals surface area contributed by atoms with E-state index in [1.165, 1.54) is 0 Å². The van der Waals surface area contributed by atoms with Crippen LogP contribution in [-0.2, 0) is 13.6 Å². The van der Waals surface area contributed by atoms with Crippen LogP contribution in [0.1, 0.15) is 5.69 Å². The molecule has 2 aromatic heterocycles. The number of pyridine rings is 1. The van der Waals surface area contributed by atoms with Crippen LogP contribution >= 0.6 is 0 Å². The van der Waals surface area contributed by atoms with Crippen molar-refractivity contribution < 1.29 is 0 Å². The molecule has 0 amide bonds. The third kappa shape index (κ3) is 0.990. The smallest absolute Gasteiger partial charge is 0.141 e. The van der Waals surface area contributed by atoms with E-state index in [0.717, 1.165) is 22.4 Å². The van der Waals surface area contributed by atoms with Crippen LogP contribution in [0.4, 0.5) is 5.69 Å². The van der Waals surface area contributed by atoms with Crippen LogP contribution in [0.3, 0.4) is 0 Å². The van der Waals surface area contributed by atoms with Crippen LogP contribution in [0.25, 0.3) is 11.0 Å². The number of nitrogens with two attached hydrogens (primary N) is 2. The third-order valence-electron chi connectivity index (χ3n) is 2.30. The Hall–Kier alpha value is -1.55. The van der Waals surface area contributed by atoms with Crippen molar-refractivity contribution in [3.8, 4) is 0 Å². The van der Waals surface area contributed by atoms with Gasteiger partial charge in [-0.05, 0) is 12.1 Å². The summed E-state index contributed by atoms with van der Waals surface area (Å²) in [4.78, 5) is 4.24. The van der Waals surface area contributed by atoms with Gasteiger partial charge in [0.2, 0.25) is 0 Å². The van der Waals surface area contributed by atoms with Crippen LogP contribution in [-0.4, -0.2) is 9.55 Å². The first-order valence-electron chi connectivity index (χ1n) is 4.13. The van der Waals surface area contributed by atoms with E-state index in [1.54, 1.807) is 6.20 Å². The van der Waals surface area contributed by atoms with Crippen LogP contribution in [0.15, 0.2) is 18.3 Å². The molecule has 0 aliphatic heterocycles. The number of nitrogens with zero attached hydrogens (tertiary/aromatic N) is 2. The van der Waals surface area contributed by atoms with Crippen molar-refractivity contribution in [3.05, 3.63) is 24.0 Å². The predicted molar refractivity (Wildman–Crippen MR) is 53.0 cm³/mol. The zero-order chi connectivity index (χ0) is 9.42. The highest BCUT2D eigenvalue weighted by atomic mass is 15.0. The summed E-state index contributed by atoms with van der Waals surface area (Å²) in [6, 6.07) is 3.83. The van der Waals surface area contributed by atoms with Gasteiger partial charge in [0, 0.05) is 25.2 Å². The number of rotatable bonds is 1. The molecule has 0 fully saturated rings. The molecule has 4 N–H and O–H groups in total. The molecule has 0 spiro atoms. The number of hydrogen-bond donors (Lipinski definition) is 2. The average molecular weight is 176 g/mol. The Morgan fingerprint density at radius 3 is 2.92 bits per heavy atom. The van der Waals surface area contributed by atoms with E-state index in [4.69, 9.17) is 11.5 Å². The fourth-order valence-electron chi connectivity index (χ4n) is 1.59. The fourth-order valence-corrected chi connectivity index (χ4v) is 1.59. The van der Waals surface area contributed by atoms with Gasteiger partial charge in [-0.3, -0.25) is 0 Å². The monoisotopic (exact) mass is 176 g/mol. The quantitative estimate of drug-likeness (QED) is 0.669. The lowest BCUT2D eigenvalue weighted by Gasteiger charge is -1.99. The van der Waals surface area contributed by atoms with Gasteiger partial charge in [0.05, 0.1) is 11.4 Å². The van der Waals surface area contributed by atoms with Crippen molar-refractivity contribution in [1.29, 1.82) is 0 Å². The van der Waals surface area contributed by atoms with E-state index in [-0.39, 0.29) is 0 Å². The molecule has 0 bridgehead atoms. The highest BCUT2D eigenvalue weighted by Crippen LogP contribution is 2.24. The molecular weight excluding hydrogens is 164 g/mol. The molecular formula is C9H12N4. The molecule has 4 nitrogen and oxygen atoms in total. The minimum absolute atomic E-state index is 0.443. The van der Waals surface area contributed by atoms with Crippen molar-refractivity contribution in [3.63, 3.8) is 0 Å². The second-order valence-electron chi connectivity index (χ2n) is 3.00. The van der Waals surface area contributed by atoms with Gasteiger partial charge in [0.1, 0.15) is 5.65 Å². The Balaban J connectivity index is 2.88. The Labute approximate surface area is 76.2 Å². The van der Waals surface area contributed by atoms with E-state index in [0.29, 0.717) is 6.54 Å².